The van der Waals surface area contributed by atoms with Gasteiger partial charge in [-0.05, 0) is 25.7 Å². The second-order valence-electron chi connectivity index (χ2n) is 10.1. The van der Waals surface area contributed by atoms with Crippen LogP contribution in [-0.2, 0) is 9.59 Å². The van der Waals surface area contributed by atoms with Gasteiger partial charge in [0.2, 0.25) is 0 Å². The number of hydrogen-bond donors (Lipinski definition) is 0. The van der Waals surface area contributed by atoms with Crippen molar-refractivity contribution < 1.29 is 19.8 Å². The van der Waals surface area contributed by atoms with Crippen LogP contribution in [0.15, 0.2) is 0 Å². The van der Waals surface area contributed by atoms with E-state index in [1.165, 1.54) is 124 Å². The summed E-state index contributed by atoms with van der Waals surface area (Å²) in [7, 11) is 0. The molecule has 0 aromatic rings. The molecule has 220 valence electrons. The second-order valence-corrected chi connectivity index (χ2v) is 13.0. The first-order valence-electron chi connectivity index (χ1n) is 16.1. The minimum atomic E-state index is -0.909. The second kappa shape index (κ2) is 47.3. The molecule has 0 rings (SSSR count). The molecule has 0 radical (unpaired) electrons. The van der Waals surface area contributed by atoms with Crippen molar-refractivity contribution in [1.29, 1.82) is 0 Å². The van der Waals surface area contributed by atoms with Crippen LogP contribution in [0.3, 0.4) is 0 Å². The summed E-state index contributed by atoms with van der Waals surface area (Å²) in [5.74, 6) is -1.82. The number of unbranched alkanes of at least 4 members (excludes halogenated alkanes) is 18. The van der Waals surface area contributed by atoms with Crippen molar-refractivity contribution in [2.75, 3.05) is 0 Å². The Morgan fingerprint density at radius 1 is 0.395 bits per heavy atom. The molecule has 6 heteroatoms. The topological polar surface area (TPSA) is 80.3 Å². The van der Waals surface area contributed by atoms with Crippen LogP contribution in [0.4, 0.5) is 0 Å². The molecule has 0 unspecified atom stereocenters. The Bertz CT molecular complexity index is 378. The average molecular weight is 750 g/mol. The molecule has 0 aliphatic carbocycles. The van der Waals surface area contributed by atoms with E-state index in [4.69, 9.17) is 0 Å². The molecule has 4 nitrogen and oxygen atoms in total. The Kier molecular flexibility index (Phi) is 56.7. The van der Waals surface area contributed by atoms with Crippen LogP contribution in [0.1, 0.15) is 182 Å². The van der Waals surface area contributed by atoms with Gasteiger partial charge in [-0.1, -0.05) is 117 Å². The van der Waals surface area contributed by atoms with Crippen molar-refractivity contribution in [3.63, 3.8) is 0 Å². The van der Waals surface area contributed by atoms with E-state index in [-0.39, 0.29) is 12.8 Å². The number of aliphatic carboxylic acids is 2. The van der Waals surface area contributed by atoms with Gasteiger partial charge in [0.1, 0.15) is 0 Å². The van der Waals surface area contributed by atoms with Gasteiger partial charge in [0.25, 0.3) is 0 Å². The first-order chi connectivity index (χ1) is 18.4. The Morgan fingerprint density at radius 2 is 0.605 bits per heavy atom. The van der Waals surface area contributed by atoms with Crippen molar-refractivity contribution in [3.05, 3.63) is 0 Å². The third kappa shape index (κ3) is 65.5. The van der Waals surface area contributed by atoms with Gasteiger partial charge in [-0.25, -0.2) is 0 Å². The summed E-state index contributed by atoms with van der Waals surface area (Å²) in [6, 6.07) is 0. The monoisotopic (exact) mass is 752 g/mol. The predicted octanol–water partition coefficient (Wildman–Crippen LogP) is 8.06. The summed E-state index contributed by atoms with van der Waals surface area (Å²) in [5, 5.41) is 20.2. The van der Waals surface area contributed by atoms with E-state index < -0.39 is 11.9 Å². The summed E-state index contributed by atoms with van der Waals surface area (Å²) in [6.07, 6.45) is 27.9. The number of hydrogen-bond acceptors (Lipinski definition) is 4. The fourth-order valence-corrected chi connectivity index (χ4v) is 5.53. The number of carbonyl (C=O) groups excluding carboxylic acids is 2. The quantitative estimate of drug-likeness (QED) is 0.0739. The predicted molar refractivity (Wildman–Crippen MR) is 165 cm³/mol. The van der Waals surface area contributed by atoms with E-state index in [0.29, 0.717) is 0 Å². The molecule has 0 heterocycles. The minimum absolute atomic E-state index is 0.232. The van der Waals surface area contributed by atoms with Crippen molar-refractivity contribution in [2.45, 2.75) is 191 Å². The Labute approximate surface area is 265 Å². The zero-order chi connectivity index (χ0) is 29.5. The molecular weight excluding hydrogens is 686 g/mol. The van der Waals surface area contributed by atoms with Crippen molar-refractivity contribution in [2.24, 2.45) is 0 Å². The SMILES string of the molecule is CCCCCCCCCCCC(=O)[O-].CCCCCCCCCCCC(=O)[O-].CCC[CH2][Sn+3].CCC[CH2][Sn+3]. The zero-order valence-electron chi connectivity index (χ0n) is 26.0. The maximum absolute atomic E-state index is 10.1. The average Bonchev–Trinajstić information content (AvgIpc) is 2.88. The van der Waals surface area contributed by atoms with Crippen LogP contribution in [0.25, 0.3) is 0 Å². The van der Waals surface area contributed by atoms with Gasteiger partial charge in [0.05, 0.1) is 0 Å². The molecule has 0 bridgehead atoms. The van der Waals surface area contributed by atoms with Gasteiger partial charge >= 0.3 is 93.5 Å². The Morgan fingerprint density at radius 3 is 0.763 bits per heavy atom. The summed E-state index contributed by atoms with van der Waals surface area (Å²) < 4.78 is 2.87. The van der Waals surface area contributed by atoms with Crippen molar-refractivity contribution in [3.8, 4) is 0 Å². The maximum atomic E-state index is 10.1. The molecule has 0 spiro atoms. The van der Waals surface area contributed by atoms with E-state index in [0.717, 1.165) is 25.7 Å². The molecule has 0 amide bonds. The van der Waals surface area contributed by atoms with Crippen LogP contribution >= 0.6 is 0 Å². The first-order valence-corrected chi connectivity index (χ1v) is 20.1. The summed E-state index contributed by atoms with van der Waals surface area (Å²) in [4.78, 5) is 20.2. The summed E-state index contributed by atoms with van der Waals surface area (Å²) in [5.41, 5.74) is 0. The van der Waals surface area contributed by atoms with Crippen molar-refractivity contribution >= 4 is 57.0 Å². The van der Waals surface area contributed by atoms with Crippen LogP contribution in [-0.4, -0.2) is 57.0 Å². The zero-order valence-corrected chi connectivity index (χ0v) is 31.7. The Hall–Kier alpha value is 0.537. The van der Waals surface area contributed by atoms with Crippen LogP contribution < -0.4 is 10.2 Å². The molecule has 0 aromatic heterocycles. The van der Waals surface area contributed by atoms with E-state index in [1.807, 2.05) is 0 Å². The van der Waals surface area contributed by atoms with Gasteiger partial charge in [-0.15, -0.1) is 0 Å². The molecule has 0 N–H and O–H groups in total. The van der Waals surface area contributed by atoms with Crippen LogP contribution in [0.5, 0.6) is 0 Å². The van der Waals surface area contributed by atoms with E-state index >= 15 is 0 Å². The number of carbonyl (C=O) groups is 2. The van der Waals surface area contributed by atoms with Gasteiger partial charge in [0.15, 0.2) is 0 Å². The number of rotatable bonds is 24. The number of carboxylic acids is 2. The van der Waals surface area contributed by atoms with Crippen molar-refractivity contribution in [1.82, 2.24) is 0 Å². The third-order valence-electron chi connectivity index (χ3n) is 6.03. The molecule has 0 fully saturated rings. The van der Waals surface area contributed by atoms with E-state index in [2.05, 4.69) is 27.7 Å². The third-order valence-corrected chi connectivity index (χ3v) is 8.05. The molecule has 0 atom stereocenters. The normalized spacial score (nSPS) is 9.89. The fraction of sp³-hybridized carbons (Fsp3) is 0.938. The molecule has 0 aliphatic heterocycles. The molecule has 0 aliphatic rings. The van der Waals surface area contributed by atoms with Crippen LogP contribution in [0, 0.1) is 0 Å². The van der Waals surface area contributed by atoms with Gasteiger partial charge in [0, 0.05) is 11.9 Å². The Balaban J connectivity index is -0.000000225. The molecule has 0 aromatic carbocycles. The first kappa shape index (κ1) is 45.5. The molecule has 38 heavy (non-hydrogen) atoms. The molecule has 0 saturated carbocycles. The van der Waals surface area contributed by atoms with Crippen LogP contribution in [0.2, 0.25) is 8.87 Å². The standard InChI is InChI=1S/2C12H24O2.2C4H9.2Sn/c2*1-2-3-4-5-6-7-8-9-10-11-12(13)14;2*1-3-4-2;;/h2*2-11H2,1H3,(H,13,14);2*1,3-4H2,2H3;;/q;;;;2*+3/p-2. The van der Waals surface area contributed by atoms with E-state index in [1.54, 1.807) is 45.0 Å². The summed E-state index contributed by atoms with van der Waals surface area (Å²) in [6.45, 7) is 8.90. The fourth-order valence-electron chi connectivity index (χ4n) is 3.51. The van der Waals surface area contributed by atoms with E-state index in [9.17, 15) is 19.8 Å². The van der Waals surface area contributed by atoms with Gasteiger partial charge < -0.3 is 19.8 Å². The molecule has 0 saturated heterocycles. The summed E-state index contributed by atoms with van der Waals surface area (Å²) >= 11 is 3.37. The molecular formula is C32H64O4Sn2+4. The van der Waals surface area contributed by atoms with Gasteiger partial charge in [-0.2, -0.15) is 0 Å². The van der Waals surface area contributed by atoms with Gasteiger partial charge in [-0.3, -0.25) is 0 Å². The number of carboxylic acid groups (broad SMARTS) is 2.